The molecule has 0 aliphatic heterocycles. The van der Waals surface area contributed by atoms with Gasteiger partial charge in [0.15, 0.2) is 0 Å². The summed E-state index contributed by atoms with van der Waals surface area (Å²) in [6, 6.07) is 4.56. The highest BCUT2D eigenvalue weighted by Crippen LogP contribution is 2.11. The van der Waals surface area contributed by atoms with E-state index in [0.29, 0.717) is 6.04 Å². The molecule has 1 aromatic heterocycles. The van der Waals surface area contributed by atoms with Crippen LogP contribution in [0.3, 0.4) is 0 Å². The lowest BCUT2D eigenvalue weighted by Crippen LogP contribution is -1.99. The fourth-order valence-electron chi connectivity index (χ4n) is 0.784. The second-order valence-electron chi connectivity index (χ2n) is 2.32. The summed E-state index contributed by atoms with van der Waals surface area (Å²) in [5.41, 5.74) is 0. The molecule has 54 valence electrons. The Kier molecular flexibility index (Phi) is 2.63. The van der Waals surface area contributed by atoms with Crippen LogP contribution in [0.2, 0.25) is 0 Å². The molecule has 0 aromatic carbocycles. The van der Waals surface area contributed by atoms with Crippen molar-refractivity contribution in [3.8, 4) is 0 Å². The third-order valence-corrected chi connectivity index (χ3v) is 2.29. The van der Waals surface area contributed by atoms with E-state index >= 15 is 0 Å². The van der Waals surface area contributed by atoms with Crippen LogP contribution in [0.4, 0.5) is 0 Å². The average Bonchev–Trinajstić information content (AvgIpc) is 2.40. The molecule has 0 fully saturated rings. The van der Waals surface area contributed by atoms with Gasteiger partial charge in [0, 0.05) is 11.3 Å². The third kappa shape index (κ3) is 1.95. The first-order chi connectivity index (χ1) is 4.83. The molecule has 0 aliphatic rings. The number of thiophene rings is 1. The van der Waals surface area contributed by atoms with E-state index in [2.05, 4.69) is 36.1 Å². The first-order valence-corrected chi connectivity index (χ1v) is 4.19. The van der Waals surface area contributed by atoms with Gasteiger partial charge in [-0.15, -0.1) is 11.3 Å². The second kappa shape index (κ2) is 3.52. The number of aliphatic imine (C=N–C) groups is 1. The Morgan fingerprint density at radius 1 is 1.80 bits per heavy atom. The number of nitrogens with zero attached hydrogens (tertiary/aromatic N) is 1. The molecule has 1 aromatic rings. The van der Waals surface area contributed by atoms with E-state index in [1.54, 1.807) is 11.3 Å². The summed E-state index contributed by atoms with van der Waals surface area (Å²) >= 11 is 1.78. The van der Waals surface area contributed by atoms with Crippen molar-refractivity contribution in [2.45, 2.75) is 19.4 Å². The molecule has 1 atom stereocenters. The monoisotopic (exact) mass is 153 g/mol. The van der Waals surface area contributed by atoms with Crippen LogP contribution in [0.25, 0.3) is 0 Å². The van der Waals surface area contributed by atoms with Crippen LogP contribution in [-0.4, -0.2) is 12.8 Å². The normalized spacial score (nSPS) is 12.9. The lowest BCUT2D eigenvalue weighted by molar-refractivity contribution is 0.755. The minimum absolute atomic E-state index is 0.360. The highest BCUT2D eigenvalue weighted by atomic mass is 32.1. The Hall–Kier alpha value is -0.630. The fourth-order valence-corrected chi connectivity index (χ4v) is 1.61. The van der Waals surface area contributed by atoms with Gasteiger partial charge >= 0.3 is 0 Å². The van der Waals surface area contributed by atoms with E-state index in [9.17, 15) is 0 Å². The lowest BCUT2D eigenvalue weighted by Gasteiger charge is -2.00. The van der Waals surface area contributed by atoms with Crippen LogP contribution < -0.4 is 0 Å². The minimum Gasteiger partial charge on any atom is -0.298 e. The maximum atomic E-state index is 3.92. The van der Waals surface area contributed by atoms with Crippen molar-refractivity contribution in [1.29, 1.82) is 0 Å². The van der Waals surface area contributed by atoms with Crippen LogP contribution in [0, 0.1) is 0 Å². The quantitative estimate of drug-likeness (QED) is 0.591. The van der Waals surface area contributed by atoms with Gasteiger partial charge in [-0.05, 0) is 25.1 Å². The van der Waals surface area contributed by atoms with Gasteiger partial charge in [0.05, 0.1) is 6.04 Å². The smallest absolute Gasteiger partial charge is 0.0512 e. The summed E-state index contributed by atoms with van der Waals surface area (Å²) in [7, 11) is 0. The molecule has 0 N–H and O–H groups in total. The first kappa shape index (κ1) is 7.48. The van der Waals surface area contributed by atoms with Gasteiger partial charge in [-0.25, -0.2) is 0 Å². The van der Waals surface area contributed by atoms with Gasteiger partial charge in [-0.3, -0.25) is 4.99 Å². The van der Waals surface area contributed by atoms with Crippen LogP contribution in [0.15, 0.2) is 22.5 Å². The summed E-state index contributed by atoms with van der Waals surface area (Å²) in [5.74, 6) is 0. The molecule has 0 aliphatic carbocycles. The highest BCUT2D eigenvalue weighted by molar-refractivity contribution is 7.09. The van der Waals surface area contributed by atoms with E-state index in [1.165, 1.54) is 4.88 Å². The van der Waals surface area contributed by atoms with E-state index in [0.717, 1.165) is 6.42 Å². The van der Waals surface area contributed by atoms with Crippen LogP contribution >= 0.6 is 11.3 Å². The maximum Gasteiger partial charge on any atom is 0.0512 e. The molecule has 0 bridgehead atoms. The van der Waals surface area contributed by atoms with Crippen LogP contribution in [0.1, 0.15) is 11.8 Å². The van der Waals surface area contributed by atoms with Crippen molar-refractivity contribution in [3.05, 3.63) is 22.4 Å². The molecule has 2 heteroatoms. The fraction of sp³-hybridized carbons (Fsp3) is 0.375. The molecule has 0 saturated carbocycles. The van der Waals surface area contributed by atoms with E-state index < -0.39 is 0 Å². The van der Waals surface area contributed by atoms with Gasteiger partial charge in [0.25, 0.3) is 0 Å². The zero-order chi connectivity index (χ0) is 7.40. The molecule has 0 saturated heterocycles. The molecule has 1 unspecified atom stereocenters. The Morgan fingerprint density at radius 2 is 2.60 bits per heavy atom. The zero-order valence-corrected chi connectivity index (χ0v) is 6.90. The Bertz CT molecular complexity index is 191. The summed E-state index contributed by atoms with van der Waals surface area (Å²) in [5, 5.41) is 2.09. The largest absolute Gasteiger partial charge is 0.298 e. The van der Waals surface area contributed by atoms with Crippen LogP contribution in [-0.2, 0) is 6.42 Å². The summed E-state index contributed by atoms with van der Waals surface area (Å²) in [6.07, 6.45) is 1.03. The van der Waals surface area contributed by atoms with Crippen molar-refractivity contribution >= 4 is 18.1 Å². The van der Waals surface area contributed by atoms with Crippen LogP contribution in [0.5, 0.6) is 0 Å². The minimum atomic E-state index is 0.360. The maximum absolute atomic E-state index is 3.92. The Balaban J connectivity index is 2.47. The van der Waals surface area contributed by atoms with Gasteiger partial charge < -0.3 is 0 Å². The molecule has 1 rings (SSSR count). The van der Waals surface area contributed by atoms with Gasteiger partial charge in [0.2, 0.25) is 0 Å². The van der Waals surface area contributed by atoms with Gasteiger partial charge in [-0.2, -0.15) is 0 Å². The second-order valence-corrected chi connectivity index (χ2v) is 3.35. The van der Waals surface area contributed by atoms with Gasteiger partial charge in [0.1, 0.15) is 0 Å². The molecular formula is C8H11NS. The third-order valence-electron chi connectivity index (χ3n) is 1.39. The average molecular weight is 153 g/mol. The SMILES string of the molecule is C=NC(C)Cc1cccs1. The van der Waals surface area contributed by atoms with Crippen molar-refractivity contribution in [2.75, 3.05) is 0 Å². The predicted octanol–water partition coefficient (Wildman–Crippen LogP) is 2.38. The predicted molar refractivity (Wildman–Crippen MR) is 47.0 cm³/mol. The highest BCUT2D eigenvalue weighted by Gasteiger charge is 1.98. The van der Waals surface area contributed by atoms with Crippen molar-refractivity contribution in [1.82, 2.24) is 0 Å². The topological polar surface area (TPSA) is 12.4 Å². The van der Waals surface area contributed by atoms with Crippen molar-refractivity contribution < 1.29 is 0 Å². The zero-order valence-electron chi connectivity index (χ0n) is 6.08. The molecular weight excluding hydrogens is 142 g/mol. The molecule has 1 heterocycles. The molecule has 10 heavy (non-hydrogen) atoms. The first-order valence-electron chi connectivity index (χ1n) is 3.31. The van der Waals surface area contributed by atoms with E-state index in [1.807, 2.05) is 0 Å². The summed E-state index contributed by atoms with van der Waals surface area (Å²) in [6.45, 7) is 5.57. The van der Waals surface area contributed by atoms with E-state index in [4.69, 9.17) is 0 Å². The molecule has 1 nitrogen and oxygen atoms in total. The Labute approximate surface area is 65.4 Å². The number of hydrogen-bond donors (Lipinski definition) is 0. The van der Waals surface area contributed by atoms with Crippen molar-refractivity contribution in [2.24, 2.45) is 4.99 Å². The molecule has 0 amide bonds. The van der Waals surface area contributed by atoms with Gasteiger partial charge in [-0.1, -0.05) is 6.07 Å². The molecule has 0 radical (unpaired) electrons. The van der Waals surface area contributed by atoms with Crippen molar-refractivity contribution in [3.63, 3.8) is 0 Å². The van der Waals surface area contributed by atoms with E-state index in [-0.39, 0.29) is 0 Å². The number of rotatable bonds is 3. The standard InChI is InChI=1S/C8H11NS/c1-7(9-2)6-8-4-3-5-10-8/h3-5,7H,2,6H2,1H3. The lowest BCUT2D eigenvalue weighted by atomic mass is 10.2. The molecule has 0 spiro atoms. The summed E-state index contributed by atoms with van der Waals surface area (Å²) < 4.78 is 0. The number of hydrogen-bond acceptors (Lipinski definition) is 2. The Morgan fingerprint density at radius 3 is 3.10 bits per heavy atom. The summed E-state index contributed by atoms with van der Waals surface area (Å²) in [4.78, 5) is 5.31.